The average Bonchev–Trinajstić information content (AvgIpc) is 3.27. The topological polar surface area (TPSA) is 81.5 Å². The van der Waals surface area contributed by atoms with Gasteiger partial charge in [0.1, 0.15) is 12.7 Å². The number of piperidine rings is 1. The molecular weight excluding hydrogens is 322 g/mol. The number of carbonyl (C=O) groups excluding carboxylic acids is 1. The number of amides is 2. The lowest BCUT2D eigenvalue weighted by atomic mass is 9.97. The van der Waals surface area contributed by atoms with Crippen molar-refractivity contribution in [1.82, 2.24) is 19.7 Å². The third kappa shape index (κ3) is 3.38. The monoisotopic (exact) mass is 343 g/mol. The summed E-state index contributed by atoms with van der Waals surface area (Å²) in [6.45, 7) is 4.52. The standard InChI is InChI=1S/C17H21N5O3/c1-12-6-15-16(25-11-24-15)7-14(12)20-17(23)21-4-2-13(3-5-21)8-22-10-18-9-19-22/h6-7,9-10,13H,2-5,8,11H2,1H3,(H,20,23). The Kier molecular flexibility index (Phi) is 4.17. The Morgan fingerprint density at radius 3 is 2.76 bits per heavy atom. The summed E-state index contributed by atoms with van der Waals surface area (Å²) in [5.74, 6) is 1.93. The molecule has 1 N–H and O–H groups in total. The number of fused-ring (bicyclic) bond motifs is 1. The van der Waals surface area contributed by atoms with Crippen LogP contribution in [0.3, 0.4) is 0 Å². The van der Waals surface area contributed by atoms with Gasteiger partial charge in [-0.3, -0.25) is 4.68 Å². The van der Waals surface area contributed by atoms with E-state index in [9.17, 15) is 4.79 Å². The van der Waals surface area contributed by atoms with E-state index in [0.717, 1.165) is 49.5 Å². The highest BCUT2D eigenvalue weighted by molar-refractivity contribution is 5.90. The van der Waals surface area contributed by atoms with Crippen LogP contribution in [0.4, 0.5) is 10.5 Å². The van der Waals surface area contributed by atoms with Crippen LogP contribution in [0.5, 0.6) is 11.5 Å². The van der Waals surface area contributed by atoms with Gasteiger partial charge in [-0.1, -0.05) is 0 Å². The number of hydrogen-bond acceptors (Lipinski definition) is 5. The van der Waals surface area contributed by atoms with Gasteiger partial charge in [-0.2, -0.15) is 5.10 Å². The molecule has 4 rings (SSSR count). The second kappa shape index (κ2) is 6.62. The van der Waals surface area contributed by atoms with Crippen molar-refractivity contribution < 1.29 is 14.3 Å². The third-order valence-electron chi connectivity index (χ3n) is 4.77. The Hall–Kier alpha value is -2.77. The number of hydrogen-bond donors (Lipinski definition) is 1. The molecule has 1 fully saturated rings. The number of aryl methyl sites for hydroxylation is 1. The molecule has 3 heterocycles. The lowest BCUT2D eigenvalue weighted by Gasteiger charge is -2.32. The summed E-state index contributed by atoms with van der Waals surface area (Å²) >= 11 is 0. The molecule has 0 unspecified atom stereocenters. The van der Waals surface area contributed by atoms with Crippen LogP contribution in [0, 0.1) is 12.8 Å². The van der Waals surface area contributed by atoms with E-state index in [1.54, 1.807) is 12.7 Å². The lowest BCUT2D eigenvalue weighted by Crippen LogP contribution is -2.41. The van der Waals surface area contributed by atoms with Crippen LogP contribution in [0.1, 0.15) is 18.4 Å². The van der Waals surface area contributed by atoms with Crippen molar-refractivity contribution in [2.75, 3.05) is 25.2 Å². The van der Waals surface area contributed by atoms with Crippen LogP contribution in [-0.4, -0.2) is 45.6 Å². The molecule has 0 bridgehead atoms. The summed E-state index contributed by atoms with van der Waals surface area (Å²) in [6, 6.07) is 3.65. The van der Waals surface area contributed by atoms with Crippen LogP contribution in [0.15, 0.2) is 24.8 Å². The molecule has 25 heavy (non-hydrogen) atoms. The molecule has 1 aromatic heterocycles. The number of ether oxygens (including phenoxy) is 2. The zero-order chi connectivity index (χ0) is 17.2. The van der Waals surface area contributed by atoms with Gasteiger partial charge in [-0.15, -0.1) is 0 Å². The molecule has 2 aliphatic rings. The Morgan fingerprint density at radius 2 is 2.04 bits per heavy atom. The summed E-state index contributed by atoms with van der Waals surface area (Å²) in [5.41, 5.74) is 1.72. The van der Waals surface area contributed by atoms with Crippen LogP contribution >= 0.6 is 0 Å². The minimum Gasteiger partial charge on any atom is -0.454 e. The number of urea groups is 1. The number of benzene rings is 1. The molecule has 8 heteroatoms. The summed E-state index contributed by atoms with van der Waals surface area (Å²) in [5, 5.41) is 7.14. The van der Waals surface area contributed by atoms with Crippen molar-refractivity contribution in [3.63, 3.8) is 0 Å². The van der Waals surface area contributed by atoms with Crippen molar-refractivity contribution in [3.8, 4) is 11.5 Å². The summed E-state index contributed by atoms with van der Waals surface area (Å²) < 4.78 is 12.6. The molecular formula is C17H21N5O3. The van der Waals surface area contributed by atoms with E-state index < -0.39 is 0 Å². The maximum absolute atomic E-state index is 12.6. The van der Waals surface area contributed by atoms with Gasteiger partial charge < -0.3 is 19.7 Å². The maximum atomic E-state index is 12.6. The molecule has 2 aliphatic heterocycles. The van der Waals surface area contributed by atoms with E-state index in [4.69, 9.17) is 9.47 Å². The second-order valence-electron chi connectivity index (χ2n) is 6.50. The van der Waals surface area contributed by atoms with Crippen LogP contribution in [0.25, 0.3) is 0 Å². The van der Waals surface area contributed by atoms with Gasteiger partial charge in [-0.25, -0.2) is 9.78 Å². The van der Waals surface area contributed by atoms with Gasteiger partial charge >= 0.3 is 6.03 Å². The first kappa shape index (κ1) is 15.7. The van der Waals surface area contributed by atoms with Gasteiger partial charge in [0.15, 0.2) is 11.5 Å². The summed E-state index contributed by atoms with van der Waals surface area (Å²) in [4.78, 5) is 18.4. The minimum absolute atomic E-state index is 0.0684. The van der Waals surface area contributed by atoms with Crippen molar-refractivity contribution in [3.05, 3.63) is 30.4 Å². The van der Waals surface area contributed by atoms with Crippen LogP contribution < -0.4 is 14.8 Å². The molecule has 0 aliphatic carbocycles. The van der Waals surface area contributed by atoms with E-state index in [0.29, 0.717) is 11.7 Å². The first-order valence-corrected chi connectivity index (χ1v) is 8.47. The average molecular weight is 343 g/mol. The Balaban J connectivity index is 1.33. The van der Waals surface area contributed by atoms with E-state index in [1.807, 2.05) is 28.6 Å². The van der Waals surface area contributed by atoms with E-state index in [2.05, 4.69) is 15.4 Å². The van der Waals surface area contributed by atoms with E-state index in [-0.39, 0.29) is 12.8 Å². The van der Waals surface area contributed by atoms with Crippen molar-refractivity contribution in [2.45, 2.75) is 26.3 Å². The Bertz CT molecular complexity index is 754. The van der Waals surface area contributed by atoms with Crippen molar-refractivity contribution in [1.29, 1.82) is 0 Å². The molecule has 2 amide bonds. The molecule has 0 spiro atoms. The van der Waals surface area contributed by atoms with Crippen molar-refractivity contribution in [2.24, 2.45) is 5.92 Å². The Labute approximate surface area is 145 Å². The molecule has 8 nitrogen and oxygen atoms in total. The van der Waals surface area contributed by atoms with E-state index in [1.165, 1.54) is 0 Å². The molecule has 0 saturated carbocycles. The van der Waals surface area contributed by atoms with E-state index >= 15 is 0 Å². The summed E-state index contributed by atoms with van der Waals surface area (Å²) in [7, 11) is 0. The second-order valence-corrected chi connectivity index (χ2v) is 6.50. The third-order valence-corrected chi connectivity index (χ3v) is 4.77. The Morgan fingerprint density at radius 1 is 1.28 bits per heavy atom. The quantitative estimate of drug-likeness (QED) is 0.924. The fourth-order valence-electron chi connectivity index (χ4n) is 3.28. The molecule has 0 atom stereocenters. The van der Waals surface area contributed by atoms with Crippen molar-refractivity contribution >= 4 is 11.7 Å². The van der Waals surface area contributed by atoms with Gasteiger partial charge in [-0.05, 0) is 37.3 Å². The predicted molar refractivity (Wildman–Crippen MR) is 90.6 cm³/mol. The lowest BCUT2D eigenvalue weighted by molar-refractivity contribution is 0.174. The maximum Gasteiger partial charge on any atom is 0.321 e. The molecule has 132 valence electrons. The highest BCUT2D eigenvalue weighted by Crippen LogP contribution is 2.36. The molecule has 0 radical (unpaired) electrons. The normalized spacial score (nSPS) is 16.9. The minimum atomic E-state index is -0.0684. The molecule has 1 aromatic carbocycles. The fourth-order valence-corrected chi connectivity index (χ4v) is 3.28. The first-order chi connectivity index (χ1) is 12.2. The number of aromatic nitrogens is 3. The molecule has 1 saturated heterocycles. The van der Waals surface area contributed by atoms with Crippen LogP contribution in [-0.2, 0) is 6.54 Å². The van der Waals surface area contributed by atoms with Crippen LogP contribution in [0.2, 0.25) is 0 Å². The number of likely N-dealkylation sites (tertiary alicyclic amines) is 1. The zero-order valence-electron chi connectivity index (χ0n) is 14.1. The predicted octanol–water partition coefficient (Wildman–Crippen LogP) is 2.26. The number of nitrogens with zero attached hydrogens (tertiary/aromatic N) is 4. The number of nitrogens with one attached hydrogen (secondary N) is 1. The highest BCUT2D eigenvalue weighted by atomic mass is 16.7. The number of carbonyl (C=O) groups is 1. The SMILES string of the molecule is Cc1cc2c(cc1NC(=O)N1CCC(Cn3cncn3)CC1)OCO2. The van der Waals surface area contributed by atoms with Gasteiger partial charge in [0.2, 0.25) is 6.79 Å². The first-order valence-electron chi connectivity index (χ1n) is 8.47. The van der Waals surface area contributed by atoms with Gasteiger partial charge in [0, 0.05) is 31.4 Å². The smallest absolute Gasteiger partial charge is 0.321 e. The number of anilines is 1. The number of rotatable bonds is 3. The zero-order valence-corrected chi connectivity index (χ0v) is 14.1. The fraction of sp³-hybridized carbons (Fsp3) is 0.471. The molecule has 2 aromatic rings. The van der Waals surface area contributed by atoms with Gasteiger partial charge in [0.05, 0.1) is 0 Å². The summed E-state index contributed by atoms with van der Waals surface area (Å²) in [6.07, 6.45) is 5.22. The highest BCUT2D eigenvalue weighted by Gasteiger charge is 2.24. The van der Waals surface area contributed by atoms with Gasteiger partial charge in [0.25, 0.3) is 0 Å². The largest absolute Gasteiger partial charge is 0.454 e.